The van der Waals surface area contributed by atoms with Crippen molar-refractivity contribution in [2.75, 3.05) is 11.9 Å². The molecule has 2 aromatic rings. The molecule has 3 rings (SSSR count). The van der Waals surface area contributed by atoms with Crippen LogP contribution in [0.1, 0.15) is 29.2 Å². The molecule has 0 aliphatic heterocycles. The number of alkyl halides is 3. The van der Waals surface area contributed by atoms with Crippen molar-refractivity contribution in [3.8, 4) is 0 Å². The maximum atomic E-state index is 12.7. The molecule has 1 atom stereocenters. The summed E-state index contributed by atoms with van der Waals surface area (Å²) < 4.78 is 38.0. The summed E-state index contributed by atoms with van der Waals surface area (Å²) in [6.07, 6.45) is -2.63. The molecule has 1 unspecified atom stereocenters. The molecule has 2 N–H and O–H groups in total. The third-order valence-corrected chi connectivity index (χ3v) is 4.11. The predicted molar refractivity (Wildman–Crippen MR) is 85.6 cm³/mol. The lowest BCUT2D eigenvalue weighted by molar-refractivity contribution is -0.137. The lowest BCUT2D eigenvalue weighted by atomic mass is 10.1. The molecule has 0 aromatic heterocycles. The molecular formula is C18H17F3N2O. The van der Waals surface area contributed by atoms with E-state index in [1.165, 1.54) is 17.7 Å². The lowest BCUT2D eigenvalue weighted by Gasteiger charge is -2.15. The van der Waals surface area contributed by atoms with Crippen molar-refractivity contribution in [1.29, 1.82) is 0 Å². The monoisotopic (exact) mass is 334 g/mol. The fraction of sp³-hybridized carbons (Fsp3) is 0.278. The van der Waals surface area contributed by atoms with Crippen molar-refractivity contribution in [3.63, 3.8) is 0 Å². The van der Waals surface area contributed by atoms with Gasteiger partial charge in [-0.25, -0.2) is 0 Å². The van der Waals surface area contributed by atoms with Gasteiger partial charge in [-0.2, -0.15) is 13.2 Å². The van der Waals surface area contributed by atoms with Crippen molar-refractivity contribution in [2.24, 2.45) is 0 Å². The summed E-state index contributed by atoms with van der Waals surface area (Å²) in [7, 11) is 0. The first kappa shape index (κ1) is 16.4. The number of aryl methyl sites for hydroxylation is 1. The number of anilines is 1. The number of amides is 1. The molecule has 0 radical (unpaired) electrons. The van der Waals surface area contributed by atoms with Crippen LogP contribution in [0.3, 0.4) is 0 Å². The minimum Gasteiger partial charge on any atom is -0.376 e. The first-order valence-electron chi connectivity index (χ1n) is 7.72. The molecular weight excluding hydrogens is 317 g/mol. The Bertz CT molecular complexity index is 743. The van der Waals surface area contributed by atoms with E-state index in [2.05, 4.69) is 10.6 Å². The molecule has 1 aliphatic rings. The number of hydrogen-bond donors (Lipinski definition) is 2. The Kier molecular flexibility index (Phi) is 4.46. The highest BCUT2D eigenvalue weighted by Crippen LogP contribution is 2.31. The Morgan fingerprint density at radius 2 is 1.92 bits per heavy atom. The summed E-state index contributed by atoms with van der Waals surface area (Å²) in [5.74, 6) is -0.242. The quantitative estimate of drug-likeness (QED) is 0.890. The summed E-state index contributed by atoms with van der Waals surface area (Å²) >= 11 is 0. The Morgan fingerprint density at radius 3 is 2.71 bits per heavy atom. The van der Waals surface area contributed by atoms with Crippen molar-refractivity contribution in [3.05, 3.63) is 65.2 Å². The van der Waals surface area contributed by atoms with Crippen LogP contribution in [0.15, 0.2) is 48.5 Å². The largest absolute Gasteiger partial charge is 0.416 e. The topological polar surface area (TPSA) is 41.1 Å². The van der Waals surface area contributed by atoms with E-state index in [1.807, 2.05) is 24.3 Å². The molecule has 0 saturated heterocycles. The second kappa shape index (κ2) is 6.55. The van der Waals surface area contributed by atoms with Crippen molar-refractivity contribution in [2.45, 2.75) is 25.1 Å². The van der Waals surface area contributed by atoms with Crippen LogP contribution in [-0.2, 0) is 17.4 Å². The second-order valence-corrected chi connectivity index (χ2v) is 5.79. The van der Waals surface area contributed by atoms with Crippen LogP contribution in [0.25, 0.3) is 0 Å². The van der Waals surface area contributed by atoms with Crippen LogP contribution < -0.4 is 10.6 Å². The van der Waals surface area contributed by atoms with Gasteiger partial charge in [-0.15, -0.1) is 0 Å². The summed E-state index contributed by atoms with van der Waals surface area (Å²) in [5, 5.41) is 5.67. The number of rotatable bonds is 4. The lowest BCUT2D eigenvalue weighted by Crippen LogP contribution is -2.32. The molecule has 0 bridgehead atoms. The zero-order valence-electron chi connectivity index (χ0n) is 12.9. The molecule has 1 amide bonds. The summed E-state index contributed by atoms with van der Waals surface area (Å²) in [5.41, 5.74) is 1.88. The normalized spacial score (nSPS) is 16.5. The van der Waals surface area contributed by atoms with Crippen molar-refractivity contribution in [1.82, 2.24) is 5.32 Å². The summed E-state index contributed by atoms with van der Waals surface area (Å²) in [6.45, 7) is -0.0695. The van der Waals surface area contributed by atoms with Gasteiger partial charge in [0.05, 0.1) is 18.2 Å². The van der Waals surface area contributed by atoms with Crippen LogP contribution in [0.4, 0.5) is 18.9 Å². The highest BCUT2D eigenvalue weighted by Gasteiger charge is 2.30. The third-order valence-electron chi connectivity index (χ3n) is 4.11. The predicted octanol–water partition coefficient (Wildman–Crippen LogP) is 3.92. The van der Waals surface area contributed by atoms with Gasteiger partial charge < -0.3 is 10.6 Å². The zero-order valence-corrected chi connectivity index (χ0v) is 12.9. The molecule has 6 heteroatoms. The van der Waals surface area contributed by atoms with E-state index in [-0.39, 0.29) is 24.2 Å². The fourth-order valence-electron chi connectivity index (χ4n) is 2.94. The molecule has 24 heavy (non-hydrogen) atoms. The summed E-state index contributed by atoms with van der Waals surface area (Å²) in [6, 6.07) is 12.7. The van der Waals surface area contributed by atoms with E-state index in [9.17, 15) is 18.0 Å². The van der Waals surface area contributed by atoms with Gasteiger partial charge in [-0.1, -0.05) is 30.3 Å². The van der Waals surface area contributed by atoms with Crippen LogP contribution in [0.5, 0.6) is 0 Å². The van der Waals surface area contributed by atoms with Crippen LogP contribution in [-0.4, -0.2) is 12.5 Å². The standard InChI is InChI=1S/C18H17F3N2O/c19-18(20,21)13-5-3-6-14(10-13)22-11-17(24)23-16-9-8-12-4-1-2-7-15(12)16/h1-7,10,16,22H,8-9,11H2,(H,23,24). The molecule has 0 spiro atoms. The molecule has 3 nitrogen and oxygen atoms in total. The van der Waals surface area contributed by atoms with Gasteiger partial charge in [0, 0.05) is 5.69 Å². The molecule has 1 aliphatic carbocycles. The van der Waals surface area contributed by atoms with E-state index in [0.29, 0.717) is 0 Å². The van der Waals surface area contributed by atoms with Gasteiger partial charge in [0.15, 0.2) is 0 Å². The molecule has 0 saturated carbocycles. The zero-order chi connectivity index (χ0) is 17.2. The number of carbonyl (C=O) groups excluding carboxylic acids is 1. The minimum absolute atomic E-state index is 0.0305. The highest BCUT2D eigenvalue weighted by molar-refractivity contribution is 5.81. The maximum absolute atomic E-state index is 12.7. The number of halogens is 3. The van der Waals surface area contributed by atoms with E-state index in [4.69, 9.17) is 0 Å². The average molecular weight is 334 g/mol. The van der Waals surface area contributed by atoms with E-state index >= 15 is 0 Å². The van der Waals surface area contributed by atoms with Crippen LogP contribution >= 0.6 is 0 Å². The van der Waals surface area contributed by atoms with E-state index < -0.39 is 11.7 Å². The summed E-state index contributed by atoms with van der Waals surface area (Å²) in [4.78, 5) is 12.1. The molecule has 0 heterocycles. The second-order valence-electron chi connectivity index (χ2n) is 5.79. The highest BCUT2D eigenvalue weighted by atomic mass is 19.4. The Hall–Kier alpha value is -2.50. The van der Waals surface area contributed by atoms with Gasteiger partial charge >= 0.3 is 6.18 Å². The number of nitrogens with one attached hydrogen (secondary N) is 2. The van der Waals surface area contributed by atoms with Crippen molar-refractivity contribution >= 4 is 11.6 Å². The number of carbonyl (C=O) groups is 1. The maximum Gasteiger partial charge on any atom is 0.416 e. The van der Waals surface area contributed by atoms with Gasteiger partial charge in [0.2, 0.25) is 5.91 Å². The minimum atomic E-state index is -4.40. The molecule has 126 valence electrons. The Balaban J connectivity index is 1.57. The van der Waals surface area contributed by atoms with Gasteiger partial charge in [-0.05, 0) is 42.2 Å². The first-order valence-corrected chi connectivity index (χ1v) is 7.72. The SMILES string of the molecule is O=C(CNc1cccc(C(F)(F)F)c1)NC1CCc2ccccc21. The fourth-order valence-corrected chi connectivity index (χ4v) is 2.94. The van der Waals surface area contributed by atoms with E-state index in [1.54, 1.807) is 0 Å². The Morgan fingerprint density at radius 1 is 1.12 bits per heavy atom. The van der Waals surface area contributed by atoms with Crippen LogP contribution in [0, 0.1) is 0 Å². The average Bonchev–Trinajstić information content (AvgIpc) is 2.96. The van der Waals surface area contributed by atoms with E-state index in [0.717, 1.165) is 30.5 Å². The van der Waals surface area contributed by atoms with Gasteiger partial charge in [0.25, 0.3) is 0 Å². The number of hydrogen-bond acceptors (Lipinski definition) is 2. The van der Waals surface area contributed by atoms with Crippen molar-refractivity contribution < 1.29 is 18.0 Å². The third kappa shape index (κ3) is 3.69. The Labute approximate surface area is 137 Å². The number of benzene rings is 2. The molecule has 0 fully saturated rings. The van der Waals surface area contributed by atoms with Gasteiger partial charge in [0.1, 0.15) is 0 Å². The first-order chi connectivity index (χ1) is 11.4. The van der Waals surface area contributed by atoms with Crippen LogP contribution in [0.2, 0.25) is 0 Å². The number of fused-ring (bicyclic) bond motifs is 1. The van der Waals surface area contributed by atoms with Gasteiger partial charge in [-0.3, -0.25) is 4.79 Å². The smallest absolute Gasteiger partial charge is 0.376 e. The molecule has 2 aromatic carbocycles.